The first-order valence-corrected chi connectivity index (χ1v) is 7.82. The van der Waals surface area contributed by atoms with Gasteiger partial charge in [0.15, 0.2) is 11.5 Å². The summed E-state index contributed by atoms with van der Waals surface area (Å²) in [7, 11) is 3.21. The molecule has 0 bridgehead atoms. The molecule has 0 amide bonds. The van der Waals surface area contributed by atoms with Crippen molar-refractivity contribution < 1.29 is 19.0 Å². The van der Waals surface area contributed by atoms with Gasteiger partial charge in [0.1, 0.15) is 0 Å². The first kappa shape index (κ1) is 17.8. The minimum atomic E-state index is -0.399. The van der Waals surface area contributed by atoms with Crippen LogP contribution in [0, 0.1) is 0 Å². The first-order valence-electron chi connectivity index (χ1n) is 7.82. The zero-order valence-electron chi connectivity index (χ0n) is 14.2. The maximum atomic E-state index is 11.6. The van der Waals surface area contributed by atoms with Gasteiger partial charge in [-0.1, -0.05) is 24.3 Å². The van der Waals surface area contributed by atoms with Crippen molar-refractivity contribution in [3.8, 4) is 22.6 Å². The van der Waals surface area contributed by atoms with E-state index in [4.69, 9.17) is 19.9 Å². The molecule has 0 aliphatic carbocycles. The van der Waals surface area contributed by atoms with Crippen LogP contribution in [0.25, 0.3) is 11.1 Å². The van der Waals surface area contributed by atoms with Crippen LogP contribution in [-0.4, -0.2) is 26.8 Å². The Morgan fingerprint density at radius 1 is 1.04 bits per heavy atom. The average Bonchev–Trinajstić information content (AvgIpc) is 2.61. The predicted molar refractivity (Wildman–Crippen MR) is 93.2 cm³/mol. The zero-order chi connectivity index (χ0) is 17.5. The second kappa shape index (κ2) is 8.36. The molecule has 2 N–H and O–H groups in total. The van der Waals surface area contributed by atoms with E-state index < -0.39 is 6.04 Å². The van der Waals surface area contributed by atoms with E-state index in [9.17, 15) is 4.79 Å². The molecule has 0 radical (unpaired) electrons. The fourth-order valence-electron chi connectivity index (χ4n) is 2.48. The highest BCUT2D eigenvalue weighted by atomic mass is 16.5. The molecule has 5 nitrogen and oxygen atoms in total. The van der Waals surface area contributed by atoms with Crippen molar-refractivity contribution in [2.75, 3.05) is 20.8 Å². The minimum absolute atomic E-state index is 0.156. The highest BCUT2D eigenvalue weighted by Crippen LogP contribution is 2.33. The van der Waals surface area contributed by atoms with Gasteiger partial charge in [0.2, 0.25) is 0 Å². The number of esters is 1. The molecule has 2 aromatic rings. The van der Waals surface area contributed by atoms with Crippen LogP contribution in [0.15, 0.2) is 42.5 Å². The van der Waals surface area contributed by atoms with Gasteiger partial charge >= 0.3 is 5.97 Å². The lowest BCUT2D eigenvalue weighted by Gasteiger charge is -2.14. The number of ether oxygens (including phenoxy) is 3. The van der Waals surface area contributed by atoms with E-state index in [1.807, 2.05) is 42.5 Å². The summed E-state index contributed by atoms with van der Waals surface area (Å²) in [6.45, 7) is 2.14. The fourth-order valence-corrected chi connectivity index (χ4v) is 2.48. The van der Waals surface area contributed by atoms with Crippen molar-refractivity contribution in [1.82, 2.24) is 0 Å². The Kier molecular flexibility index (Phi) is 6.21. The average molecular weight is 329 g/mol. The molecule has 0 heterocycles. The summed E-state index contributed by atoms with van der Waals surface area (Å²) in [5.41, 5.74) is 8.99. The quantitative estimate of drug-likeness (QED) is 0.789. The van der Waals surface area contributed by atoms with Crippen molar-refractivity contribution >= 4 is 5.97 Å². The third kappa shape index (κ3) is 4.26. The molecule has 0 spiro atoms. The van der Waals surface area contributed by atoms with Crippen molar-refractivity contribution in [1.29, 1.82) is 0 Å². The Balaban J connectivity index is 2.25. The molecule has 0 aromatic heterocycles. The van der Waals surface area contributed by atoms with E-state index in [1.54, 1.807) is 21.1 Å². The molecule has 0 saturated heterocycles. The Labute approximate surface area is 142 Å². The van der Waals surface area contributed by atoms with Crippen LogP contribution in [0.2, 0.25) is 0 Å². The van der Waals surface area contributed by atoms with Crippen LogP contribution in [0.5, 0.6) is 11.5 Å². The summed E-state index contributed by atoms with van der Waals surface area (Å²) >= 11 is 0. The molecule has 0 unspecified atom stereocenters. The Hall–Kier alpha value is -2.53. The predicted octanol–water partition coefficient (Wildman–Crippen LogP) is 3.32. The van der Waals surface area contributed by atoms with E-state index in [2.05, 4.69) is 0 Å². The molecular weight excluding hydrogens is 306 g/mol. The van der Waals surface area contributed by atoms with Crippen LogP contribution in [0.1, 0.15) is 24.9 Å². The van der Waals surface area contributed by atoms with Gasteiger partial charge in [0, 0.05) is 6.04 Å². The number of benzene rings is 2. The molecule has 1 atom stereocenters. The molecule has 5 heteroatoms. The largest absolute Gasteiger partial charge is 0.493 e. The minimum Gasteiger partial charge on any atom is -0.493 e. The third-order valence-electron chi connectivity index (χ3n) is 3.72. The van der Waals surface area contributed by atoms with Gasteiger partial charge < -0.3 is 19.9 Å². The van der Waals surface area contributed by atoms with Gasteiger partial charge in [0.25, 0.3) is 0 Å². The Morgan fingerprint density at radius 3 is 2.42 bits per heavy atom. The summed E-state index contributed by atoms with van der Waals surface area (Å²) in [6.07, 6.45) is 0.156. The van der Waals surface area contributed by atoms with Gasteiger partial charge in [-0.25, -0.2) is 0 Å². The summed E-state index contributed by atoms with van der Waals surface area (Å²) in [5, 5.41) is 0. The number of rotatable bonds is 7. The van der Waals surface area contributed by atoms with Gasteiger partial charge in [-0.15, -0.1) is 0 Å². The van der Waals surface area contributed by atoms with E-state index >= 15 is 0 Å². The van der Waals surface area contributed by atoms with Gasteiger partial charge in [-0.2, -0.15) is 0 Å². The molecule has 2 aromatic carbocycles. The Morgan fingerprint density at radius 2 is 1.75 bits per heavy atom. The molecule has 0 fully saturated rings. The van der Waals surface area contributed by atoms with Crippen molar-refractivity contribution in [2.24, 2.45) is 5.73 Å². The van der Waals surface area contributed by atoms with E-state index in [0.717, 1.165) is 16.7 Å². The molecule has 0 aliphatic heterocycles. The highest BCUT2D eigenvalue weighted by Gasteiger charge is 2.14. The molecule has 2 rings (SSSR count). The van der Waals surface area contributed by atoms with Crippen molar-refractivity contribution in [3.63, 3.8) is 0 Å². The molecule has 24 heavy (non-hydrogen) atoms. The molecule has 128 valence electrons. The van der Waals surface area contributed by atoms with E-state index in [-0.39, 0.29) is 12.4 Å². The normalized spacial score (nSPS) is 11.7. The maximum absolute atomic E-state index is 11.6. The number of carbonyl (C=O) groups excluding carboxylic acids is 1. The maximum Gasteiger partial charge on any atom is 0.307 e. The van der Waals surface area contributed by atoms with Crippen molar-refractivity contribution in [3.05, 3.63) is 48.0 Å². The van der Waals surface area contributed by atoms with Crippen LogP contribution in [-0.2, 0) is 9.53 Å². The fraction of sp³-hybridized carbons (Fsp3) is 0.316. The lowest BCUT2D eigenvalue weighted by Crippen LogP contribution is -2.17. The second-order valence-corrected chi connectivity index (χ2v) is 5.31. The molecular formula is C19H23NO4. The van der Waals surface area contributed by atoms with E-state index in [1.165, 1.54) is 0 Å². The van der Waals surface area contributed by atoms with Crippen LogP contribution < -0.4 is 15.2 Å². The lowest BCUT2D eigenvalue weighted by atomic mass is 9.98. The smallest absolute Gasteiger partial charge is 0.307 e. The summed E-state index contributed by atoms with van der Waals surface area (Å²) in [6, 6.07) is 13.1. The highest BCUT2D eigenvalue weighted by molar-refractivity contribution is 5.71. The zero-order valence-corrected chi connectivity index (χ0v) is 14.2. The lowest BCUT2D eigenvalue weighted by molar-refractivity contribution is -0.143. The topological polar surface area (TPSA) is 70.8 Å². The van der Waals surface area contributed by atoms with Crippen LogP contribution in [0.4, 0.5) is 0 Å². The summed E-state index contributed by atoms with van der Waals surface area (Å²) in [5.74, 6) is 1.05. The SMILES string of the molecule is CCOC(=O)C[C@H](N)c1cccc(-c2ccc(OC)c(OC)c2)c1. The number of nitrogens with two attached hydrogens (primary N) is 1. The monoisotopic (exact) mass is 329 g/mol. The van der Waals surface area contributed by atoms with Gasteiger partial charge in [0.05, 0.1) is 27.2 Å². The number of hydrogen-bond donors (Lipinski definition) is 1. The van der Waals surface area contributed by atoms with Gasteiger partial charge in [-0.05, 0) is 41.8 Å². The summed E-state index contributed by atoms with van der Waals surface area (Å²) < 4.78 is 15.6. The standard InChI is InChI=1S/C19H23NO4/c1-4-24-19(21)12-16(20)15-7-5-6-13(10-15)14-8-9-17(22-2)18(11-14)23-3/h5-11,16H,4,12,20H2,1-3H3/t16-/m0/s1. The number of hydrogen-bond acceptors (Lipinski definition) is 5. The van der Waals surface area contributed by atoms with Crippen LogP contribution in [0.3, 0.4) is 0 Å². The van der Waals surface area contributed by atoms with E-state index in [0.29, 0.717) is 18.1 Å². The first-order chi connectivity index (χ1) is 11.6. The Bertz CT molecular complexity index is 700. The van der Waals surface area contributed by atoms with Crippen molar-refractivity contribution in [2.45, 2.75) is 19.4 Å². The third-order valence-corrected chi connectivity index (χ3v) is 3.72. The van der Waals surface area contributed by atoms with Gasteiger partial charge in [-0.3, -0.25) is 4.79 Å². The van der Waals surface area contributed by atoms with Crippen LogP contribution >= 0.6 is 0 Å². The molecule has 0 saturated carbocycles. The summed E-state index contributed by atoms with van der Waals surface area (Å²) in [4.78, 5) is 11.6. The number of methoxy groups -OCH3 is 2. The number of carbonyl (C=O) groups is 1. The second-order valence-electron chi connectivity index (χ2n) is 5.31. The molecule has 0 aliphatic rings.